The fraction of sp³-hybridized carbons (Fsp3) is 0.600. The Morgan fingerprint density at radius 2 is 2.47 bits per heavy atom. The summed E-state index contributed by atoms with van der Waals surface area (Å²) in [6, 6.07) is -0.637. The Kier molecular flexibility index (Phi) is 4.30. The molecule has 1 unspecified atom stereocenters. The van der Waals surface area contributed by atoms with Gasteiger partial charge in [0, 0.05) is 12.6 Å². The van der Waals surface area contributed by atoms with Gasteiger partial charge < -0.3 is 15.5 Å². The number of esters is 1. The molecule has 0 amide bonds. The van der Waals surface area contributed by atoms with Gasteiger partial charge in [-0.3, -0.25) is 4.79 Å². The minimum absolute atomic E-state index is 0.0808. The molecule has 0 radical (unpaired) electrons. The summed E-state index contributed by atoms with van der Waals surface area (Å²) < 4.78 is 5.11. The van der Waals surface area contributed by atoms with Crippen LogP contribution in [0.25, 0.3) is 0 Å². The van der Waals surface area contributed by atoms with Gasteiger partial charge in [0.1, 0.15) is 6.04 Å². The molecule has 1 heterocycles. The number of rotatable bonds is 5. The predicted molar refractivity (Wildman–Crippen MR) is 56.1 cm³/mol. The quantitative estimate of drug-likeness (QED) is 0.700. The maximum absolute atomic E-state index is 11.5. The molecule has 0 bridgehead atoms. The maximum atomic E-state index is 11.5. The zero-order chi connectivity index (χ0) is 11.3. The Bertz CT molecular complexity index is 298. The van der Waals surface area contributed by atoms with Crippen LogP contribution in [0.2, 0.25) is 0 Å². The van der Waals surface area contributed by atoms with Crippen molar-refractivity contribution in [2.24, 2.45) is 5.73 Å². The minimum Gasteiger partial charge on any atom is -0.462 e. The molecule has 0 aliphatic heterocycles. The van der Waals surface area contributed by atoms with E-state index in [1.165, 1.54) is 0 Å². The molecule has 84 valence electrons. The highest BCUT2D eigenvalue weighted by Crippen LogP contribution is 2.02. The average Bonchev–Trinajstić information content (AvgIpc) is 2.70. The summed E-state index contributed by atoms with van der Waals surface area (Å²) in [4.78, 5) is 18.3. The van der Waals surface area contributed by atoms with E-state index in [-0.39, 0.29) is 12.1 Å². The summed E-state index contributed by atoms with van der Waals surface area (Å²) in [6.07, 6.45) is 4.39. The lowest BCUT2D eigenvalue weighted by Crippen LogP contribution is -2.36. The Morgan fingerprint density at radius 1 is 1.73 bits per heavy atom. The van der Waals surface area contributed by atoms with Crippen LogP contribution in [-0.4, -0.2) is 28.1 Å². The van der Waals surface area contributed by atoms with E-state index in [1.807, 2.05) is 13.8 Å². The van der Waals surface area contributed by atoms with Crippen molar-refractivity contribution in [1.29, 1.82) is 0 Å². The van der Waals surface area contributed by atoms with Gasteiger partial charge in [0.15, 0.2) is 0 Å². The maximum Gasteiger partial charge on any atom is 0.323 e. The molecule has 0 aliphatic rings. The number of ether oxygens (including phenoxy) is 1. The largest absolute Gasteiger partial charge is 0.462 e. The molecule has 5 heteroatoms. The number of carbonyl (C=O) groups is 1. The highest BCUT2D eigenvalue weighted by atomic mass is 16.5. The first-order valence-electron chi connectivity index (χ1n) is 5.07. The van der Waals surface area contributed by atoms with Gasteiger partial charge >= 0.3 is 5.97 Å². The van der Waals surface area contributed by atoms with Crippen molar-refractivity contribution in [2.75, 3.05) is 0 Å². The van der Waals surface area contributed by atoms with Crippen LogP contribution in [0.15, 0.2) is 12.5 Å². The smallest absolute Gasteiger partial charge is 0.323 e. The first-order valence-corrected chi connectivity index (χ1v) is 5.07. The van der Waals surface area contributed by atoms with Gasteiger partial charge in [0.25, 0.3) is 0 Å². The van der Waals surface area contributed by atoms with Crippen LogP contribution in [0, 0.1) is 0 Å². The number of carbonyl (C=O) groups excluding carboxylic acids is 1. The molecule has 0 saturated heterocycles. The summed E-state index contributed by atoms with van der Waals surface area (Å²) >= 11 is 0. The number of nitrogens with one attached hydrogen (secondary N) is 1. The number of nitrogens with two attached hydrogens (primary N) is 1. The highest BCUT2D eigenvalue weighted by Gasteiger charge is 2.18. The molecule has 15 heavy (non-hydrogen) atoms. The Morgan fingerprint density at radius 3 is 3.00 bits per heavy atom. The van der Waals surface area contributed by atoms with Crippen LogP contribution in [0.3, 0.4) is 0 Å². The number of hydrogen-bond donors (Lipinski definition) is 2. The van der Waals surface area contributed by atoms with E-state index in [2.05, 4.69) is 9.97 Å². The van der Waals surface area contributed by atoms with E-state index in [0.717, 1.165) is 12.1 Å². The molecule has 0 fully saturated rings. The standard InChI is InChI=1S/C10H17N3O2/c1-3-7(2)15-10(14)9(11)4-8-5-12-6-13-8/h5-7,9H,3-4,11H2,1-2H3,(H,12,13)/t7?,9-/m0/s1. The third-order valence-electron chi connectivity index (χ3n) is 2.18. The summed E-state index contributed by atoms with van der Waals surface area (Å²) in [5.74, 6) is -0.368. The van der Waals surface area contributed by atoms with Crippen molar-refractivity contribution in [3.63, 3.8) is 0 Å². The molecule has 2 atom stereocenters. The van der Waals surface area contributed by atoms with Gasteiger partial charge in [-0.1, -0.05) is 6.92 Å². The van der Waals surface area contributed by atoms with Crippen molar-refractivity contribution < 1.29 is 9.53 Å². The molecule has 1 aromatic heterocycles. The predicted octanol–water partition coefficient (Wildman–Crippen LogP) is 0.621. The van der Waals surface area contributed by atoms with Crippen molar-refractivity contribution >= 4 is 5.97 Å². The van der Waals surface area contributed by atoms with Gasteiger partial charge in [-0.2, -0.15) is 0 Å². The lowest BCUT2D eigenvalue weighted by Gasteiger charge is -2.14. The molecule has 1 aromatic rings. The Labute approximate surface area is 89.0 Å². The monoisotopic (exact) mass is 211 g/mol. The number of H-pyrrole nitrogens is 1. The zero-order valence-electron chi connectivity index (χ0n) is 9.06. The highest BCUT2D eigenvalue weighted by molar-refractivity contribution is 5.75. The Hall–Kier alpha value is -1.36. The van der Waals surface area contributed by atoms with E-state index in [9.17, 15) is 4.79 Å². The third kappa shape index (κ3) is 3.71. The van der Waals surface area contributed by atoms with Gasteiger partial charge in [-0.15, -0.1) is 0 Å². The molecule has 0 spiro atoms. The summed E-state index contributed by atoms with van der Waals surface area (Å²) in [5.41, 5.74) is 6.45. The van der Waals surface area contributed by atoms with Crippen LogP contribution in [-0.2, 0) is 16.0 Å². The van der Waals surface area contributed by atoms with Crippen molar-refractivity contribution in [3.05, 3.63) is 18.2 Å². The number of nitrogens with zero attached hydrogens (tertiary/aromatic N) is 1. The lowest BCUT2D eigenvalue weighted by atomic mass is 10.2. The van der Waals surface area contributed by atoms with E-state index >= 15 is 0 Å². The van der Waals surface area contributed by atoms with E-state index in [0.29, 0.717) is 6.42 Å². The first-order chi connectivity index (χ1) is 7.13. The molecule has 5 nitrogen and oxygen atoms in total. The SMILES string of the molecule is CCC(C)OC(=O)[C@@H](N)Cc1c[nH]cn1. The second-order valence-electron chi connectivity index (χ2n) is 3.53. The van der Waals surface area contributed by atoms with Crippen molar-refractivity contribution in [2.45, 2.75) is 38.8 Å². The summed E-state index contributed by atoms with van der Waals surface area (Å²) in [6.45, 7) is 3.80. The molecular weight excluding hydrogens is 194 g/mol. The van der Waals surface area contributed by atoms with E-state index < -0.39 is 6.04 Å². The number of hydrogen-bond acceptors (Lipinski definition) is 4. The fourth-order valence-electron chi connectivity index (χ4n) is 1.08. The first kappa shape index (κ1) is 11.7. The summed E-state index contributed by atoms with van der Waals surface area (Å²) in [7, 11) is 0. The lowest BCUT2D eigenvalue weighted by molar-refractivity contribution is -0.149. The van der Waals surface area contributed by atoms with Gasteiger partial charge in [0.05, 0.1) is 18.1 Å². The second-order valence-corrected chi connectivity index (χ2v) is 3.53. The molecule has 0 aliphatic carbocycles. The molecular formula is C10H17N3O2. The molecule has 3 N–H and O–H groups in total. The van der Waals surface area contributed by atoms with Gasteiger partial charge in [-0.25, -0.2) is 4.98 Å². The van der Waals surface area contributed by atoms with Crippen LogP contribution in [0.1, 0.15) is 26.0 Å². The van der Waals surface area contributed by atoms with Crippen LogP contribution in [0.4, 0.5) is 0 Å². The van der Waals surface area contributed by atoms with Crippen LogP contribution < -0.4 is 5.73 Å². The Balaban J connectivity index is 2.40. The average molecular weight is 211 g/mol. The number of aromatic nitrogens is 2. The van der Waals surface area contributed by atoms with Crippen molar-refractivity contribution in [1.82, 2.24) is 9.97 Å². The second kappa shape index (κ2) is 5.50. The number of aromatic amines is 1. The molecule has 0 saturated carbocycles. The third-order valence-corrected chi connectivity index (χ3v) is 2.18. The molecule has 1 rings (SSSR count). The van der Waals surface area contributed by atoms with Crippen molar-refractivity contribution in [3.8, 4) is 0 Å². The van der Waals surface area contributed by atoms with E-state index in [1.54, 1.807) is 12.5 Å². The van der Waals surface area contributed by atoms with Gasteiger partial charge in [0.2, 0.25) is 0 Å². The van der Waals surface area contributed by atoms with Crippen LogP contribution >= 0.6 is 0 Å². The summed E-state index contributed by atoms with van der Waals surface area (Å²) in [5, 5.41) is 0. The topological polar surface area (TPSA) is 81.0 Å². The normalized spacial score (nSPS) is 14.6. The minimum atomic E-state index is -0.637. The van der Waals surface area contributed by atoms with Crippen LogP contribution in [0.5, 0.6) is 0 Å². The molecule has 0 aromatic carbocycles. The zero-order valence-corrected chi connectivity index (χ0v) is 9.06. The van der Waals surface area contributed by atoms with Gasteiger partial charge in [-0.05, 0) is 13.3 Å². The van der Waals surface area contributed by atoms with E-state index in [4.69, 9.17) is 10.5 Å². The number of imidazole rings is 1. The fourth-order valence-corrected chi connectivity index (χ4v) is 1.08.